The standard InChI is InChI=1S/C22H29N3O3S2/c1-4-17-13-18-21(30-17)29-10-9-25(18)22(26)23-6-8-24-7-5-15-11-19(27-2)20(28-3)12-16(15)14-24/h11-13H,4-10,14H2,1-3H3,(H,23,26). The molecule has 2 amide bonds. The number of urea groups is 1. The van der Waals surface area contributed by atoms with Gasteiger partial charge in [-0.2, -0.15) is 0 Å². The fourth-order valence-electron chi connectivity index (χ4n) is 3.99. The van der Waals surface area contributed by atoms with Gasteiger partial charge < -0.3 is 14.8 Å². The number of methoxy groups -OCH3 is 2. The molecule has 0 atom stereocenters. The third-order valence-corrected chi connectivity index (χ3v) is 8.19. The number of carbonyl (C=O) groups is 1. The second-order valence-electron chi connectivity index (χ2n) is 7.47. The Morgan fingerprint density at radius 2 is 1.90 bits per heavy atom. The molecular formula is C22H29N3O3S2. The third kappa shape index (κ3) is 4.40. The lowest BCUT2D eigenvalue weighted by Crippen LogP contribution is -2.45. The Labute approximate surface area is 186 Å². The van der Waals surface area contributed by atoms with E-state index in [1.54, 1.807) is 14.2 Å². The van der Waals surface area contributed by atoms with Gasteiger partial charge in [-0.25, -0.2) is 4.79 Å². The van der Waals surface area contributed by atoms with Crippen molar-refractivity contribution in [2.24, 2.45) is 0 Å². The lowest BCUT2D eigenvalue weighted by Gasteiger charge is -2.30. The van der Waals surface area contributed by atoms with Crippen molar-refractivity contribution in [1.82, 2.24) is 10.2 Å². The number of anilines is 1. The highest BCUT2D eigenvalue weighted by molar-refractivity contribution is 8.01. The predicted octanol–water partition coefficient (Wildman–Crippen LogP) is 4.01. The van der Waals surface area contributed by atoms with Crippen LogP contribution in [0.3, 0.4) is 0 Å². The fourth-order valence-corrected chi connectivity index (χ4v) is 6.40. The van der Waals surface area contributed by atoms with Crippen molar-refractivity contribution >= 4 is 34.8 Å². The second-order valence-corrected chi connectivity index (χ2v) is 9.97. The van der Waals surface area contributed by atoms with E-state index in [1.807, 2.05) is 28.0 Å². The third-order valence-electron chi connectivity index (χ3n) is 5.66. The maximum absolute atomic E-state index is 12.8. The van der Waals surface area contributed by atoms with E-state index in [9.17, 15) is 4.79 Å². The van der Waals surface area contributed by atoms with Crippen molar-refractivity contribution in [3.8, 4) is 11.5 Å². The van der Waals surface area contributed by atoms with Crippen molar-refractivity contribution in [2.45, 2.75) is 30.5 Å². The Bertz CT molecular complexity index is 915. The summed E-state index contributed by atoms with van der Waals surface area (Å²) in [5, 5.41) is 3.13. The molecule has 2 aliphatic heterocycles. The molecule has 30 heavy (non-hydrogen) atoms. The van der Waals surface area contributed by atoms with Gasteiger partial charge in [0.15, 0.2) is 11.5 Å². The van der Waals surface area contributed by atoms with E-state index < -0.39 is 0 Å². The molecule has 8 heteroatoms. The Kier molecular flexibility index (Phi) is 6.75. The molecule has 1 aromatic heterocycles. The molecule has 0 aliphatic carbocycles. The first-order valence-electron chi connectivity index (χ1n) is 10.4. The van der Waals surface area contributed by atoms with E-state index in [0.717, 1.165) is 62.0 Å². The van der Waals surface area contributed by atoms with Gasteiger partial charge in [-0.3, -0.25) is 9.80 Å². The number of thiophene rings is 1. The Balaban J connectivity index is 1.32. The molecule has 4 rings (SSSR count). The molecule has 0 saturated carbocycles. The smallest absolute Gasteiger partial charge is 0.322 e. The van der Waals surface area contributed by atoms with Gasteiger partial charge in [0.25, 0.3) is 0 Å². The molecule has 1 aromatic carbocycles. The molecule has 0 unspecified atom stereocenters. The van der Waals surface area contributed by atoms with Gasteiger partial charge >= 0.3 is 6.03 Å². The molecule has 0 radical (unpaired) electrons. The van der Waals surface area contributed by atoms with E-state index >= 15 is 0 Å². The highest BCUT2D eigenvalue weighted by atomic mass is 32.2. The zero-order valence-electron chi connectivity index (χ0n) is 17.8. The number of nitrogens with one attached hydrogen (secondary N) is 1. The SMILES string of the molecule is CCc1cc2c(s1)SCCN2C(=O)NCCN1CCc2cc(OC)c(OC)cc2C1. The summed E-state index contributed by atoms with van der Waals surface area (Å²) < 4.78 is 12.1. The van der Waals surface area contributed by atoms with Crippen LogP contribution in [0.5, 0.6) is 11.5 Å². The van der Waals surface area contributed by atoms with Crippen LogP contribution in [0.1, 0.15) is 22.9 Å². The van der Waals surface area contributed by atoms with Crippen molar-refractivity contribution in [3.63, 3.8) is 0 Å². The molecule has 162 valence electrons. The van der Waals surface area contributed by atoms with Crippen molar-refractivity contribution in [1.29, 1.82) is 0 Å². The van der Waals surface area contributed by atoms with Crippen LogP contribution in [0.15, 0.2) is 22.4 Å². The molecular weight excluding hydrogens is 418 g/mol. The maximum Gasteiger partial charge on any atom is 0.322 e. The number of hydrogen-bond acceptors (Lipinski definition) is 6. The van der Waals surface area contributed by atoms with E-state index in [4.69, 9.17) is 9.47 Å². The number of thioether (sulfide) groups is 1. The van der Waals surface area contributed by atoms with Crippen LogP contribution in [0.2, 0.25) is 0 Å². The number of rotatable bonds is 6. The summed E-state index contributed by atoms with van der Waals surface area (Å²) in [5.74, 6) is 2.52. The van der Waals surface area contributed by atoms with Gasteiger partial charge in [0, 0.05) is 43.4 Å². The number of amides is 2. The van der Waals surface area contributed by atoms with Crippen LogP contribution < -0.4 is 19.7 Å². The summed E-state index contributed by atoms with van der Waals surface area (Å²) in [7, 11) is 3.34. The number of fused-ring (bicyclic) bond motifs is 2. The Morgan fingerprint density at radius 1 is 1.13 bits per heavy atom. The molecule has 2 aliphatic rings. The van der Waals surface area contributed by atoms with Gasteiger partial charge in [0.1, 0.15) is 0 Å². The van der Waals surface area contributed by atoms with E-state index in [2.05, 4.69) is 35.3 Å². The molecule has 3 heterocycles. The largest absolute Gasteiger partial charge is 0.493 e. The molecule has 0 bridgehead atoms. The predicted molar refractivity (Wildman–Crippen MR) is 124 cm³/mol. The molecule has 0 fully saturated rings. The molecule has 1 N–H and O–H groups in total. The van der Waals surface area contributed by atoms with Crippen molar-refractivity contribution in [2.75, 3.05) is 51.1 Å². The van der Waals surface area contributed by atoms with Crippen molar-refractivity contribution in [3.05, 3.63) is 34.2 Å². The van der Waals surface area contributed by atoms with Gasteiger partial charge in [-0.05, 0) is 42.2 Å². The lowest BCUT2D eigenvalue weighted by molar-refractivity contribution is 0.234. The first-order chi connectivity index (χ1) is 14.6. The monoisotopic (exact) mass is 447 g/mol. The Hall–Kier alpha value is -1.90. The summed E-state index contributed by atoms with van der Waals surface area (Å²) in [4.78, 5) is 18.4. The van der Waals surface area contributed by atoms with Crippen LogP contribution in [0.25, 0.3) is 0 Å². The first kappa shape index (κ1) is 21.3. The van der Waals surface area contributed by atoms with Crippen LogP contribution >= 0.6 is 23.1 Å². The molecule has 0 spiro atoms. The topological polar surface area (TPSA) is 54.0 Å². The van der Waals surface area contributed by atoms with Gasteiger partial charge in [0.05, 0.1) is 24.1 Å². The summed E-state index contributed by atoms with van der Waals surface area (Å²) in [6.07, 6.45) is 1.99. The van der Waals surface area contributed by atoms with E-state index in [0.29, 0.717) is 6.54 Å². The summed E-state index contributed by atoms with van der Waals surface area (Å²) in [6, 6.07) is 6.36. The van der Waals surface area contributed by atoms with Gasteiger partial charge in [-0.15, -0.1) is 23.1 Å². The quantitative estimate of drug-likeness (QED) is 0.725. The first-order valence-corrected chi connectivity index (χ1v) is 12.2. The number of ether oxygens (including phenoxy) is 2. The number of carbonyl (C=O) groups excluding carboxylic acids is 1. The second kappa shape index (κ2) is 9.49. The molecule has 0 saturated heterocycles. The van der Waals surface area contributed by atoms with Crippen LogP contribution in [0, 0.1) is 0 Å². The van der Waals surface area contributed by atoms with Crippen LogP contribution in [-0.2, 0) is 19.4 Å². The number of benzene rings is 1. The zero-order chi connectivity index (χ0) is 21.1. The fraction of sp³-hybridized carbons (Fsp3) is 0.500. The minimum atomic E-state index is 0.0146. The highest BCUT2D eigenvalue weighted by Gasteiger charge is 2.25. The average Bonchev–Trinajstić information content (AvgIpc) is 3.21. The highest BCUT2D eigenvalue weighted by Crippen LogP contribution is 2.41. The number of aryl methyl sites for hydroxylation is 1. The normalized spacial score (nSPS) is 16.0. The lowest BCUT2D eigenvalue weighted by atomic mass is 9.99. The summed E-state index contributed by atoms with van der Waals surface area (Å²) in [6.45, 7) is 6.24. The van der Waals surface area contributed by atoms with Gasteiger partial charge in [-0.1, -0.05) is 6.92 Å². The van der Waals surface area contributed by atoms with Gasteiger partial charge in [0.2, 0.25) is 0 Å². The molecule has 2 aromatic rings. The maximum atomic E-state index is 12.8. The number of hydrogen-bond donors (Lipinski definition) is 1. The van der Waals surface area contributed by atoms with E-state index in [-0.39, 0.29) is 6.03 Å². The van der Waals surface area contributed by atoms with E-state index in [1.165, 1.54) is 20.2 Å². The average molecular weight is 448 g/mol. The zero-order valence-corrected chi connectivity index (χ0v) is 19.5. The molecule has 6 nitrogen and oxygen atoms in total. The minimum Gasteiger partial charge on any atom is -0.493 e. The van der Waals surface area contributed by atoms with Crippen LogP contribution in [0.4, 0.5) is 10.5 Å². The summed E-state index contributed by atoms with van der Waals surface area (Å²) >= 11 is 3.68. The summed E-state index contributed by atoms with van der Waals surface area (Å²) in [5.41, 5.74) is 3.67. The minimum absolute atomic E-state index is 0.0146. The number of nitrogens with zero attached hydrogens (tertiary/aromatic N) is 2. The Morgan fingerprint density at radius 3 is 2.63 bits per heavy atom. The van der Waals surface area contributed by atoms with Crippen molar-refractivity contribution < 1.29 is 14.3 Å². The van der Waals surface area contributed by atoms with Crippen LogP contribution in [-0.4, -0.2) is 57.1 Å².